The first-order chi connectivity index (χ1) is 7.01. The normalized spacial score (nSPS) is 26.2. The van der Waals surface area contributed by atoms with Gasteiger partial charge in [0.15, 0.2) is 11.9 Å². The molecule has 0 spiro atoms. The summed E-state index contributed by atoms with van der Waals surface area (Å²) in [6.07, 6.45) is -8.10. The number of alkyl halides is 5. The summed E-state index contributed by atoms with van der Waals surface area (Å²) >= 11 is 0. The third kappa shape index (κ3) is 1.56. The molecule has 0 aromatic carbocycles. The zero-order chi connectivity index (χ0) is 12.9. The van der Waals surface area contributed by atoms with Crippen molar-refractivity contribution in [2.75, 3.05) is 0 Å². The molecule has 0 saturated carbocycles. The fourth-order valence-corrected chi connectivity index (χ4v) is 1.21. The van der Waals surface area contributed by atoms with Gasteiger partial charge in [0.1, 0.15) is 11.3 Å². The van der Waals surface area contributed by atoms with Crippen LogP contribution in [0.2, 0.25) is 0 Å². The Labute approximate surface area is 85.6 Å². The molecule has 0 aliphatic heterocycles. The highest BCUT2D eigenvalue weighted by atomic mass is 19.4. The molecule has 0 bridgehead atoms. The van der Waals surface area contributed by atoms with Crippen LogP contribution in [0, 0.1) is 0 Å². The third-order valence-corrected chi connectivity index (χ3v) is 2.06. The number of hydrogen-bond acceptors (Lipinski definition) is 4. The number of allylic oxidation sites excluding steroid dienone is 1. The molecular weight excluding hydrogens is 239 g/mol. The molecule has 16 heavy (non-hydrogen) atoms. The average molecular weight is 246 g/mol. The lowest BCUT2D eigenvalue weighted by Gasteiger charge is -2.30. The number of rotatable bonds is 0. The van der Waals surface area contributed by atoms with E-state index in [9.17, 15) is 22.0 Å². The van der Waals surface area contributed by atoms with Crippen LogP contribution in [0.5, 0.6) is 0 Å². The van der Waals surface area contributed by atoms with E-state index < -0.39 is 40.9 Å². The van der Waals surface area contributed by atoms with Crippen molar-refractivity contribution in [3.05, 3.63) is 22.7 Å². The predicted molar refractivity (Wildman–Crippen MR) is 42.1 cm³/mol. The highest BCUT2D eigenvalue weighted by Crippen LogP contribution is 2.42. The van der Waals surface area contributed by atoms with Crippen molar-refractivity contribution in [3.63, 3.8) is 0 Å². The summed E-state index contributed by atoms with van der Waals surface area (Å²) in [5.41, 5.74) is 4.07. The van der Waals surface area contributed by atoms with Crippen molar-refractivity contribution in [1.82, 2.24) is 0 Å². The van der Waals surface area contributed by atoms with Crippen LogP contribution < -0.4 is 11.5 Å². The molecule has 1 aliphatic carbocycles. The molecule has 1 rings (SSSR count). The highest BCUT2D eigenvalue weighted by Gasteiger charge is 2.54. The Morgan fingerprint density at radius 1 is 1.19 bits per heavy atom. The summed E-state index contributed by atoms with van der Waals surface area (Å²) in [7, 11) is 0. The molecule has 1 unspecified atom stereocenters. The average Bonchev–Trinajstić information content (AvgIpc) is 2.11. The lowest BCUT2D eigenvalue weighted by molar-refractivity contribution is -0.107. The van der Waals surface area contributed by atoms with Gasteiger partial charge in [-0.15, -0.1) is 0 Å². The van der Waals surface area contributed by atoms with Gasteiger partial charge in [-0.25, -0.2) is 0 Å². The van der Waals surface area contributed by atoms with Gasteiger partial charge < -0.3 is 21.7 Å². The van der Waals surface area contributed by atoms with E-state index in [1.54, 1.807) is 0 Å². The fourth-order valence-electron chi connectivity index (χ4n) is 1.21. The van der Waals surface area contributed by atoms with E-state index in [4.69, 9.17) is 15.9 Å². The molecule has 4 nitrogen and oxygen atoms in total. The summed E-state index contributed by atoms with van der Waals surface area (Å²) in [5, 5.41) is 17.8. The van der Waals surface area contributed by atoms with Crippen molar-refractivity contribution in [1.29, 1.82) is 0 Å². The highest BCUT2D eigenvalue weighted by molar-refractivity contribution is 5.45. The van der Waals surface area contributed by atoms with Crippen LogP contribution in [-0.2, 0) is 0 Å². The van der Waals surface area contributed by atoms with Crippen LogP contribution in [0.3, 0.4) is 0 Å². The predicted octanol–water partition coefficient (Wildman–Crippen LogP) is 0.500. The molecule has 92 valence electrons. The summed E-state index contributed by atoms with van der Waals surface area (Å²) in [4.78, 5) is 0. The minimum atomic E-state index is -5.18. The van der Waals surface area contributed by atoms with Gasteiger partial charge in [-0.3, -0.25) is 0 Å². The van der Waals surface area contributed by atoms with Crippen LogP contribution in [0.1, 0.15) is 0 Å². The Morgan fingerprint density at radius 2 is 1.62 bits per heavy atom. The van der Waals surface area contributed by atoms with E-state index in [1.165, 1.54) is 0 Å². The molecule has 0 amide bonds. The smallest absolute Gasteiger partial charge is 0.421 e. The van der Waals surface area contributed by atoms with Crippen molar-refractivity contribution in [2.45, 2.75) is 18.2 Å². The maximum absolute atomic E-state index is 13.0. The molecule has 0 aromatic rings. The first kappa shape index (κ1) is 12.6. The minimum Gasteiger partial charge on any atom is -0.505 e. The van der Waals surface area contributed by atoms with Crippen molar-refractivity contribution < 1.29 is 32.2 Å². The Kier molecular flexibility index (Phi) is 2.54. The first-order valence-corrected chi connectivity index (χ1v) is 3.83. The minimum absolute atomic E-state index is 1.57. The number of halogens is 5. The lowest BCUT2D eigenvalue weighted by Crippen LogP contribution is -2.48. The molecule has 1 atom stereocenters. The van der Waals surface area contributed by atoms with Crippen LogP contribution >= 0.6 is 0 Å². The lowest BCUT2D eigenvalue weighted by atomic mass is 9.93. The molecular formula is C7H7F5N2O2. The maximum atomic E-state index is 13.0. The van der Waals surface area contributed by atoms with Crippen molar-refractivity contribution in [3.8, 4) is 0 Å². The molecule has 0 aromatic heterocycles. The van der Waals surface area contributed by atoms with Gasteiger partial charge in [-0.1, -0.05) is 0 Å². The second-order valence-corrected chi connectivity index (χ2v) is 3.12. The summed E-state index contributed by atoms with van der Waals surface area (Å²) in [5.74, 6) is -6.09. The van der Waals surface area contributed by atoms with Crippen molar-refractivity contribution in [2.24, 2.45) is 11.5 Å². The molecule has 0 fully saturated rings. The summed E-state index contributed by atoms with van der Waals surface area (Å²) < 4.78 is 62.8. The SMILES string of the molecule is NC1=C(C(F)(F)F)C(O)=C(N)C(F)(F)C1O. The van der Waals surface area contributed by atoms with Crippen LogP contribution in [0.4, 0.5) is 22.0 Å². The van der Waals surface area contributed by atoms with Crippen LogP contribution in [0.25, 0.3) is 0 Å². The Hall–Kier alpha value is -1.51. The van der Waals surface area contributed by atoms with E-state index in [0.29, 0.717) is 0 Å². The molecule has 0 saturated heterocycles. The molecule has 0 heterocycles. The van der Waals surface area contributed by atoms with Gasteiger partial charge in [-0.2, -0.15) is 22.0 Å². The fraction of sp³-hybridized carbons (Fsp3) is 0.429. The zero-order valence-electron chi connectivity index (χ0n) is 7.52. The molecule has 0 radical (unpaired) electrons. The largest absolute Gasteiger partial charge is 0.505 e. The van der Waals surface area contributed by atoms with Gasteiger partial charge in [0.05, 0.1) is 5.70 Å². The molecule has 9 heteroatoms. The number of aliphatic hydroxyl groups is 2. The van der Waals surface area contributed by atoms with E-state index in [1.807, 2.05) is 0 Å². The molecule has 1 aliphatic rings. The van der Waals surface area contributed by atoms with Crippen LogP contribution in [0.15, 0.2) is 22.7 Å². The number of aliphatic hydroxyl groups excluding tert-OH is 2. The van der Waals surface area contributed by atoms with Gasteiger partial charge >= 0.3 is 12.1 Å². The Morgan fingerprint density at radius 3 is 2.00 bits per heavy atom. The van der Waals surface area contributed by atoms with Gasteiger partial charge in [0, 0.05) is 0 Å². The van der Waals surface area contributed by atoms with E-state index >= 15 is 0 Å². The maximum Gasteiger partial charge on any atom is 0.421 e. The quantitative estimate of drug-likeness (QED) is 0.468. The van der Waals surface area contributed by atoms with Crippen LogP contribution in [-0.4, -0.2) is 28.4 Å². The van der Waals surface area contributed by atoms with Crippen molar-refractivity contribution >= 4 is 0 Å². The standard InChI is InChI=1S/C7H7F5N2O2/c8-6(9)4(14)3(15)1(7(10,11)12)2(13)5(6)16/h5,15-16H,13-14H2. The summed E-state index contributed by atoms with van der Waals surface area (Å²) in [6.45, 7) is 0. The molecule has 6 N–H and O–H groups in total. The number of hydrogen-bond donors (Lipinski definition) is 4. The second-order valence-electron chi connectivity index (χ2n) is 3.12. The monoisotopic (exact) mass is 246 g/mol. The van der Waals surface area contributed by atoms with Gasteiger partial charge in [-0.05, 0) is 0 Å². The second kappa shape index (κ2) is 3.24. The topological polar surface area (TPSA) is 92.5 Å². The third-order valence-electron chi connectivity index (χ3n) is 2.06. The Bertz CT molecular complexity index is 385. The van der Waals surface area contributed by atoms with Gasteiger partial charge in [0.2, 0.25) is 0 Å². The van der Waals surface area contributed by atoms with E-state index in [0.717, 1.165) is 0 Å². The first-order valence-electron chi connectivity index (χ1n) is 3.83. The Balaban J connectivity index is 3.47. The number of nitrogens with two attached hydrogens (primary N) is 2. The van der Waals surface area contributed by atoms with E-state index in [-0.39, 0.29) is 0 Å². The van der Waals surface area contributed by atoms with Gasteiger partial charge in [0.25, 0.3) is 0 Å². The zero-order valence-corrected chi connectivity index (χ0v) is 7.52. The van der Waals surface area contributed by atoms with E-state index in [2.05, 4.69) is 5.73 Å². The summed E-state index contributed by atoms with van der Waals surface area (Å²) in [6, 6.07) is 0.